The van der Waals surface area contributed by atoms with Crippen molar-refractivity contribution >= 4 is 23.7 Å². The van der Waals surface area contributed by atoms with Gasteiger partial charge in [0.05, 0.1) is 17.8 Å². The predicted molar refractivity (Wildman–Crippen MR) is 129 cm³/mol. The topological polar surface area (TPSA) is 118 Å². The molecule has 0 aliphatic heterocycles. The van der Waals surface area contributed by atoms with Gasteiger partial charge >= 0.3 is 12.1 Å². The number of nitrogens with one attached hydrogen (secondary N) is 2. The van der Waals surface area contributed by atoms with Crippen LogP contribution in [0.2, 0.25) is 0 Å². The summed E-state index contributed by atoms with van der Waals surface area (Å²) < 4.78 is 5.53. The van der Waals surface area contributed by atoms with Gasteiger partial charge in [-0.05, 0) is 53.6 Å². The Morgan fingerprint density at radius 1 is 0.943 bits per heavy atom. The van der Waals surface area contributed by atoms with Crippen LogP contribution in [0.25, 0.3) is 11.1 Å². The summed E-state index contributed by atoms with van der Waals surface area (Å²) in [5.41, 5.74) is 5.19. The van der Waals surface area contributed by atoms with Crippen LogP contribution in [0.3, 0.4) is 0 Å². The second-order valence-electron chi connectivity index (χ2n) is 8.90. The van der Waals surface area contributed by atoms with E-state index in [0.717, 1.165) is 22.3 Å². The molecule has 2 atom stereocenters. The number of aromatic nitrogens is 1. The van der Waals surface area contributed by atoms with Gasteiger partial charge in [0.1, 0.15) is 12.3 Å². The van der Waals surface area contributed by atoms with Crippen LogP contribution in [-0.2, 0) is 9.53 Å². The molecule has 8 heteroatoms. The number of rotatable bonds is 6. The van der Waals surface area contributed by atoms with Gasteiger partial charge in [0.15, 0.2) is 0 Å². The number of carbonyl (C=O) groups excluding carboxylic acids is 2. The zero-order valence-corrected chi connectivity index (χ0v) is 18.9. The molecule has 1 heterocycles. The molecule has 8 nitrogen and oxygen atoms in total. The Kier molecular flexibility index (Phi) is 6.18. The van der Waals surface area contributed by atoms with Crippen molar-refractivity contribution in [3.63, 3.8) is 0 Å². The monoisotopic (exact) mass is 471 g/mol. The number of aliphatic carboxylic acids is 1. The van der Waals surface area contributed by atoms with Gasteiger partial charge in [-0.15, -0.1) is 0 Å². The van der Waals surface area contributed by atoms with E-state index in [4.69, 9.17) is 9.84 Å². The Balaban J connectivity index is 1.16. The minimum Gasteiger partial charge on any atom is -0.481 e. The van der Waals surface area contributed by atoms with Crippen molar-refractivity contribution in [1.82, 2.24) is 10.3 Å². The van der Waals surface area contributed by atoms with Crippen molar-refractivity contribution in [2.24, 2.45) is 5.92 Å². The molecule has 2 aliphatic rings. The van der Waals surface area contributed by atoms with E-state index in [0.29, 0.717) is 24.9 Å². The minimum absolute atomic E-state index is 0.0336. The normalized spacial score (nSPS) is 18.4. The number of carbonyl (C=O) groups is 3. The Hall–Kier alpha value is -4.20. The lowest BCUT2D eigenvalue weighted by molar-refractivity contribution is -0.141. The number of carboxylic acid groups (broad SMARTS) is 1. The summed E-state index contributed by atoms with van der Waals surface area (Å²) in [5.74, 6) is -1.65. The zero-order valence-electron chi connectivity index (χ0n) is 18.9. The van der Waals surface area contributed by atoms with Crippen LogP contribution < -0.4 is 10.6 Å². The summed E-state index contributed by atoms with van der Waals surface area (Å²) in [6, 6.07) is 19.2. The first-order valence-electron chi connectivity index (χ1n) is 11.6. The third-order valence-corrected chi connectivity index (χ3v) is 6.70. The second-order valence-corrected chi connectivity index (χ2v) is 8.90. The Morgan fingerprint density at radius 2 is 1.63 bits per heavy atom. The van der Waals surface area contributed by atoms with Gasteiger partial charge in [-0.1, -0.05) is 48.5 Å². The minimum atomic E-state index is -0.830. The van der Waals surface area contributed by atoms with E-state index in [9.17, 15) is 14.4 Å². The van der Waals surface area contributed by atoms with E-state index in [2.05, 4.69) is 39.9 Å². The van der Waals surface area contributed by atoms with Crippen molar-refractivity contribution in [1.29, 1.82) is 0 Å². The zero-order chi connectivity index (χ0) is 24.4. The van der Waals surface area contributed by atoms with E-state index >= 15 is 0 Å². The number of fused-ring (bicyclic) bond motifs is 3. The van der Waals surface area contributed by atoms with Crippen LogP contribution in [-0.4, -0.2) is 40.7 Å². The lowest BCUT2D eigenvalue weighted by Gasteiger charge is -2.15. The van der Waals surface area contributed by atoms with Crippen molar-refractivity contribution in [2.75, 3.05) is 11.9 Å². The van der Waals surface area contributed by atoms with Crippen LogP contribution in [0.5, 0.6) is 0 Å². The number of hydrogen-bond donors (Lipinski definition) is 3. The van der Waals surface area contributed by atoms with Crippen LogP contribution in [0, 0.1) is 5.92 Å². The van der Waals surface area contributed by atoms with E-state index in [-0.39, 0.29) is 30.2 Å². The van der Waals surface area contributed by atoms with Crippen molar-refractivity contribution < 1.29 is 24.2 Å². The predicted octanol–water partition coefficient (Wildman–Crippen LogP) is 4.43. The van der Waals surface area contributed by atoms with Gasteiger partial charge in [-0.2, -0.15) is 0 Å². The number of benzene rings is 2. The highest BCUT2D eigenvalue weighted by molar-refractivity contribution is 5.93. The third-order valence-electron chi connectivity index (χ3n) is 6.70. The molecule has 0 saturated heterocycles. The first-order chi connectivity index (χ1) is 17.0. The fraction of sp³-hybridized carbons (Fsp3) is 0.259. The average molecular weight is 472 g/mol. The maximum absolute atomic E-state index is 12.4. The number of nitrogens with zero attached hydrogens (tertiary/aromatic N) is 1. The van der Waals surface area contributed by atoms with Gasteiger partial charge in [0.2, 0.25) is 0 Å². The van der Waals surface area contributed by atoms with E-state index < -0.39 is 18.0 Å². The van der Waals surface area contributed by atoms with Crippen LogP contribution in [0.15, 0.2) is 66.9 Å². The Labute approximate surface area is 202 Å². The first-order valence-corrected chi connectivity index (χ1v) is 11.6. The van der Waals surface area contributed by atoms with Crippen molar-refractivity contribution in [2.45, 2.75) is 31.2 Å². The highest BCUT2D eigenvalue weighted by Gasteiger charge is 2.31. The average Bonchev–Trinajstić information content (AvgIpc) is 3.46. The molecule has 1 aromatic heterocycles. The van der Waals surface area contributed by atoms with Gasteiger partial charge in [-0.3, -0.25) is 14.9 Å². The van der Waals surface area contributed by atoms with E-state index in [1.54, 1.807) is 6.07 Å². The molecule has 3 aromatic rings. The van der Waals surface area contributed by atoms with Gasteiger partial charge in [-0.25, -0.2) is 9.78 Å². The molecule has 35 heavy (non-hydrogen) atoms. The van der Waals surface area contributed by atoms with Gasteiger partial charge in [0.25, 0.3) is 5.91 Å². The first kappa shape index (κ1) is 22.6. The van der Waals surface area contributed by atoms with Gasteiger partial charge < -0.3 is 15.2 Å². The third kappa shape index (κ3) is 4.73. The lowest BCUT2D eigenvalue weighted by atomic mass is 9.98. The van der Waals surface area contributed by atoms with E-state index in [1.807, 2.05) is 24.3 Å². The molecule has 0 unspecified atom stereocenters. The van der Waals surface area contributed by atoms with Gasteiger partial charge in [0, 0.05) is 12.0 Å². The Bertz CT molecular complexity index is 1230. The molecule has 5 rings (SSSR count). The molecule has 1 fully saturated rings. The largest absolute Gasteiger partial charge is 0.481 e. The molecule has 0 spiro atoms. The summed E-state index contributed by atoms with van der Waals surface area (Å²) in [5, 5.41) is 14.6. The fourth-order valence-corrected chi connectivity index (χ4v) is 4.95. The molecule has 178 valence electrons. The number of hydrogen-bond acceptors (Lipinski definition) is 5. The molecular weight excluding hydrogens is 446 g/mol. The molecule has 3 N–H and O–H groups in total. The number of anilines is 1. The number of ether oxygens (including phenoxy) is 1. The maximum Gasteiger partial charge on any atom is 0.411 e. The highest BCUT2D eigenvalue weighted by Crippen LogP contribution is 2.44. The molecule has 2 aromatic carbocycles. The van der Waals surface area contributed by atoms with Crippen molar-refractivity contribution in [3.05, 3.63) is 83.7 Å². The quantitative estimate of drug-likeness (QED) is 0.490. The molecule has 0 radical (unpaired) electrons. The van der Waals surface area contributed by atoms with Crippen molar-refractivity contribution in [3.8, 4) is 11.1 Å². The lowest BCUT2D eigenvalue weighted by Crippen LogP contribution is -2.33. The second kappa shape index (κ2) is 9.58. The number of carboxylic acids is 1. The SMILES string of the molecule is O=C(Nc1ccc(C(=O)N[C@@H]2CC[C@H](C(=O)O)C2)nc1)OCC1c2ccccc2-c2ccccc21. The van der Waals surface area contributed by atoms with Crippen LogP contribution >= 0.6 is 0 Å². The highest BCUT2D eigenvalue weighted by atomic mass is 16.5. The van der Waals surface area contributed by atoms with Crippen LogP contribution in [0.4, 0.5) is 10.5 Å². The molecule has 2 amide bonds. The standard InChI is InChI=1S/C27H25N3O5/c31-25(29-17-10-9-16(13-17)26(32)33)24-12-11-18(14-28-24)30-27(34)35-15-23-21-7-3-1-5-19(21)20-6-2-4-8-22(20)23/h1-8,11-12,14,16-17,23H,9-10,13,15H2,(H,29,31)(H,30,34)(H,32,33)/t16-,17+/m0/s1. The Morgan fingerprint density at radius 3 is 2.23 bits per heavy atom. The molecular formula is C27H25N3O5. The summed E-state index contributed by atoms with van der Waals surface area (Å²) in [4.78, 5) is 40.1. The number of amides is 2. The smallest absolute Gasteiger partial charge is 0.411 e. The number of pyridine rings is 1. The molecule has 1 saturated carbocycles. The summed E-state index contributed by atoms with van der Waals surface area (Å²) in [7, 11) is 0. The van der Waals surface area contributed by atoms with Crippen LogP contribution in [0.1, 0.15) is 46.8 Å². The maximum atomic E-state index is 12.4. The molecule has 2 aliphatic carbocycles. The van der Waals surface area contributed by atoms with E-state index in [1.165, 1.54) is 12.3 Å². The summed E-state index contributed by atoms with van der Waals surface area (Å²) >= 11 is 0. The summed E-state index contributed by atoms with van der Waals surface area (Å²) in [6.07, 6.45) is 2.39. The fourth-order valence-electron chi connectivity index (χ4n) is 4.95. The molecule has 0 bridgehead atoms. The summed E-state index contributed by atoms with van der Waals surface area (Å²) in [6.45, 7) is 0.201.